The molecule has 0 aliphatic heterocycles. The molecular weight excluding hydrogens is 326 g/mol. The predicted octanol–water partition coefficient (Wildman–Crippen LogP) is 3.18. The lowest BCUT2D eigenvalue weighted by Gasteiger charge is -2.11. The van der Waals surface area contributed by atoms with Crippen molar-refractivity contribution < 1.29 is 8.42 Å². The molecule has 0 aliphatic rings. The van der Waals surface area contributed by atoms with E-state index in [1.54, 1.807) is 18.2 Å². The van der Waals surface area contributed by atoms with Crippen LogP contribution in [-0.4, -0.2) is 19.8 Å². The number of hydrogen-bond donors (Lipinski definition) is 1. The van der Waals surface area contributed by atoms with E-state index < -0.39 is 10.0 Å². The number of halogens is 2. The zero-order chi connectivity index (χ0) is 12.9. The van der Waals surface area contributed by atoms with Crippen LogP contribution in [0.2, 0.25) is 5.02 Å². The number of nitrogens with one attached hydrogen (secondary N) is 1. The average molecular weight is 341 g/mol. The van der Waals surface area contributed by atoms with Crippen molar-refractivity contribution in [2.75, 3.05) is 6.54 Å². The topological polar surface area (TPSA) is 46.2 Å². The predicted molar refractivity (Wildman–Crippen MR) is 74.3 cm³/mol. The van der Waals surface area contributed by atoms with Gasteiger partial charge < -0.3 is 0 Å². The molecule has 6 heteroatoms. The van der Waals surface area contributed by atoms with Crippen LogP contribution in [-0.2, 0) is 10.0 Å². The minimum Gasteiger partial charge on any atom is -0.210 e. The molecule has 0 aromatic heterocycles. The zero-order valence-electron chi connectivity index (χ0n) is 9.49. The van der Waals surface area contributed by atoms with E-state index in [2.05, 4.69) is 27.6 Å². The second-order valence-corrected chi connectivity index (χ2v) is 7.11. The van der Waals surface area contributed by atoms with Gasteiger partial charge in [0.05, 0.1) is 5.02 Å². The Morgan fingerprint density at radius 1 is 1.41 bits per heavy atom. The third-order valence-corrected chi connectivity index (χ3v) is 4.93. The molecule has 0 amide bonds. The van der Waals surface area contributed by atoms with E-state index in [9.17, 15) is 8.42 Å². The van der Waals surface area contributed by atoms with E-state index in [1.807, 2.05) is 0 Å². The third kappa shape index (κ3) is 4.58. The maximum Gasteiger partial charge on any atom is 0.242 e. The number of hydrogen-bond acceptors (Lipinski definition) is 2. The number of benzene rings is 1. The summed E-state index contributed by atoms with van der Waals surface area (Å²) in [5.74, 6) is 0. The molecule has 0 saturated carbocycles. The summed E-state index contributed by atoms with van der Waals surface area (Å²) in [4.78, 5) is 0.266. The summed E-state index contributed by atoms with van der Waals surface area (Å²) in [5, 5.41) is 0.238. The Hall–Kier alpha value is -0.100. The lowest BCUT2D eigenvalue weighted by Crippen LogP contribution is -2.29. The molecule has 96 valence electrons. The maximum absolute atomic E-state index is 11.9. The zero-order valence-corrected chi connectivity index (χ0v) is 12.6. The fourth-order valence-corrected chi connectivity index (χ4v) is 3.79. The van der Waals surface area contributed by atoms with Crippen LogP contribution in [0.1, 0.15) is 19.8 Å². The molecule has 1 atom stereocenters. The minimum absolute atomic E-state index is 0.123. The average Bonchev–Trinajstić information content (AvgIpc) is 2.27. The molecule has 1 N–H and O–H groups in total. The lowest BCUT2D eigenvalue weighted by atomic mass is 10.2. The van der Waals surface area contributed by atoms with Gasteiger partial charge in [0, 0.05) is 11.4 Å². The molecular formula is C11H15BrClNO2S. The van der Waals surface area contributed by atoms with Crippen LogP contribution in [0, 0.1) is 0 Å². The highest BCUT2D eigenvalue weighted by Crippen LogP contribution is 2.20. The largest absolute Gasteiger partial charge is 0.242 e. The minimum atomic E-state index is -3.52. The molecule has 17 heavy (non-hydrogen) atoms. The van der Waals surface area contributed by atoms with Gasteiger partial charge >= 0.3 is 0 Å². The highest BCUT2D eigenvalue weighted by molar-refractivity contribution is 9.09. The number of alkyl halides is 1. The normalized spacial score (nSPS) is 13.6. The van der Waals surface area contributed by atoms with E-state index in [0.717, 1.165) is 12.8 Å². The SMILES string of the molecule is CCCC(Br)CNS(=O)(=O)c1ccccc1Cl. The molecule has 0 saturated heterocycles. The molecule has 1 unspecified atom stereocenters. The summed E-state index contributed by atoms with van der Waals surface area (Å²) in [6.45, 7) is 2.41. The Morgan fingerprint density at radius 2 is 2.06 bits per heavy atom. The molecule has 0 fully saturated rings. The van der Waals surface area contributed by atoms with Crippen molar-refractivity contribution in [1.82, 2.24) is 4.72 Å². The summed E-state index contributed by atoms with van der Waals surface area (Å²) in [5.41, 5.74) is 0. The van der Waals surface area contributed by atoms with E-state index in [1.165, 1.54) is 6.07 Å². The summed E-state index contributed by atoms with van der Waals surface area (Å²) in [7, 11) is -3.52. The van der Waals surface area contributed by atoms with Gasteiger partial charge in [-0.05, 0) is 18.6 Å². The quantitative estimate of drug-likeness (QED) is 0.808. The molecule has 0 bridgehead atoms. The van der Waals surface area contributed by atoms with Crippen molar-refractivity contribution in [1.29, 1.82) is 0 Å². The van der Waals surface area contributed by atoms with E-state index in [-0.39, 0.29) is 14.7 Å². The number of rotatable bonds is 6. The molecule has 1 aromatic rings. The lowest BCUT2D eigenvalue weighted by molar-refractivity contribution is 0.578. The summed E-state index contributed by atoms with van der Waals surface area (Å²) < 4.78 is 26.4. The first-order valence-electron chi connectivity index (χ1n) is 5.35. The van der Waals surface area contributed by atoms with E-state index in [4.69, 9.17) is 11.6 Å². The first-order valence-corrected chi connectivity index (χ1v) is 8.13. The molecule has 1 aromatic carbocycles. The van der Waals surface area contributed by atoms with Crippen LogP contribution in [0.4, 0.5) is 0 Å². The van der Waals surface area contributed by atoms with Crippen molar-refractivity contribution in [3.63, 3.8) is 0 Å². The Bertz CT molecular complexity index is 464. The molecule has 0 radical (unpaired) electrons. The standard InChI is InChI=1S/C11H15BrClNO2S/c1-2-5-9(12)8-14-17(15,16)11-7-4-3-6-10(11)13/h3-4,6-7,9,14H,2,5,8H2,1H3. The van der Waals surface area contributed by atoms with Crippen molar-refractivity contribution in [3.8, 4) is 0 Å². The summed E-state index contributed by atoms with van der Waals surface area (Å²) in [6.07, 6.45) is 1.93. The Balaban J connectivity index is 2.73. The van der Waals surface area contributed by atoms with Gasteiger partial charge in [0.1, 0.15) is 4.90 Å². The van der Waals surface area contributed by atoms with Crippen LogP contribution in [0.25, 0.3) is 0 Å². The molecule has 3 nitrogen and oxygen atoms in total. The van der Waals surface area contributed by atoms with Crippen LogP contribution >= 0.6 is 27.5 Å². The van der Waals surface area contributed by atoms with Crippen molar-refractivity contribution in [2.45, 2.75) is 29.5 Å². The van der Waals surface area contributed by atoms with Crippen molar-refractivity contribution in [2.24, 2.45) is 0 Å². The van der Waals surface area contributed by atoms with Crippen molar-refractivity contribution >= 4 is 37.6 Å². The van der Waals surface area contributed by atoms with E-state index >= 15 is 0 Å². The fourth-order valence-electron chi connectivity index (χ4n) is 1.36. The van der Waals surface area contributed by atoms with Gasteiger partial charge in [-0.15, -0.1) is 0 Å². The Kier molecular flexibility index (Phi) is 5.92. The van der Waals surface area contributed by atoms with Crippen LogP contribution in [0.3, 0.4) is 0 Å². The molecule has 0 heterocycles. The highest BCUT2D eigenvalue weighted by atomic mass is 79.9. The first-order chi connectivity index (χ1) is 7.97. The summed E-state index contributed by atoms with van der Waals surface area (Å²) >= 11 is 9.28. The van der Waals surface area contributed by atoms with Gasteiger partial charge in [-0.25, -0.2) is 13.1 Å². The highest BCUT2D eigenvalue weighted by Gasteiger charge is 2.17. The fraction of sp³-hybridized carbons (Fsp3) is 0.455. The first kappa shape index (κ1) is 15.0. The van der Waals surface area contributed by atoms with Gasteiger partial charge in [-0.2, -0.15) is 0 Å². The van der Waals surface area contributed by atoms with Gasteiger partial charge in [-0.3, -0.25) is 0 Å². The third-order valence-electron chi connectivity index (χ3n) is 2.22. The molecule has 1 rings (SSSR count). The summed E-state index contributed by atoms with van der Waals surface area (Å²) in [6, 6.07) is 6.41. The van der Waals surface area contributed by atoms with Gasteiger partial charge in [-0.1, -0.05) is 53.0 Å². The Labute approximate surface area is 116 Å². The van der Waals surface area contributed by atoms with Gasteiger partial charge in [0.25, 0.3) is 0 Å². The number of sulfonamides is 1. The Morgan fingerprint density at radius 3 is 2.65 bits per heavy atom. The van der Waals surface area contributed by atoms with Crippen LogP contribution < -0.4 is 4.72 Å². The van der Waals surface area contributed by atoms with Crippen LogP contribution in [0.5, 0.6) is 0 Å². The van der Waals surface area contributed by atoms with Gasteiger partial charge in [0.15, 0.2) is 0 Å². The van der Waals surface area contributed by atoms with Crippen LogP contribution in [0.15, 0.2) is 29.2 Å². The molecule has 0 spiro atoms. The van der Waals surface area contributed by atoms with E-state index in [0.29, 0.717) is 6.54 Å². The second kappa shape index (κ2) is 6.73. The monoisotopic (exact) mass is 339 g/mol. The smallest absolute Gasteiger partial charge is 0.210 e. The maximum atomic E-state index is 11.9. The van der Waals surface area contributed by atoms with Gasteiger partial charge in [0.2, 0.25) is 10.0 Å². The van der Waals surface area contributed by atoms with Crippen molar-refractivity contribution in [3.05, 3.63) is 29.3 Å². The second-order valence-electron chi connectivity index (χ2n) is 3.67. The molecule has 0 aliphatic carbocycles.